The number of aromatic amines is 1. The van der Waals surface area contributed by atoms with Crippen LogP contribution in [0.5, 0.6) is 0 Å². The molecule has 0 radical (unpaired) electrons. The summed E-state index contributed by atoms with van der Waals surface area (Å²) in [5.41, 5.74) is 2.55. The molecule has 1 saturated carbocycles. The zero-order chi connectivity index (χ0) is 21.8. The van der Waals surface area contributed by atoms with E-state index in [1.54, 1.807) is 6.20 Å². The number of nitrogens with one attached hydrogen (secondary N) is 3. The third kappa shape index (κ3) is 5.71. The number of hydrogen-bond donors (Lipinski definition) is 3. The summed E-state index contributed by atoms with van der Waals surface area (Å²) < 4.78 is 15.1. The van der Waals surface area contributed by atoms with Crippen molar-refractivity contribution in [2.75, 3.05) is 25.1 Å². The van der Waals surface area contributed by atoms with E-state index in [0.717, 1.165) is 39.9 Å². The number of hydrogen-bond acceptors (Lipinski definition) is 8. The van der Waals surface area contributed by atoms with E-state index < -0.39 is 5.60 Å². The first kappa shape index (κ1) is 21.5. The molecule has 3 aromatic rings. The van der Waals surface area contributed by atoms with Crippen molar-refractivity contribution < 1.29 is 14.3 Å². The highest BCUT2D eigenvalue weighted by atomic mass is 32.1. The Kier molecular flexibility index (Phi) is 6.38. The summed E-state index contributed by atoms with van der Waals surface area (Å²) in [5.74, 6) is 0.475. The van der Waals surface area contributed by atoms with Gasteiger partial charge in [0.25, 0.3) is 0 Å². The van der Waals surface area contributed by atoms with Gasteiger partial charge in [0.15, 0.2) is 0 Å². The lowest BCUT2D eigenvalue weighted by atomic mass is 9.81. The number of rotatable bonds is 8. The van der Waals surface area contributed by atoms with Gasteiger partial charge in [-0.1, -0.05) is 4.49 Å². The van der Waals surface area contributed by atoms with Crippen LogP contribution in [0.1, 0.15) is 33.6 Å². The van der Waals surface area contributed by atoms with Gasteiger partial charge in [-0.15, -0.1) is 5.10 Å². The maximum atomic E-state index is 11.8. The van der Waals surface area contributed by atoms with Gasteiger partial charge in [-0.05, 0) is 68.8 Å². The second kappa shape index (κ2) is 9.19. The van der Waals surface area contributed by atoms with Gasteiger partial charge in [0.1, 0.15) is 5.60 Å². The highest BCUT2D eigenvalue weighted by Crippen LogP contribution is 2.31. The van der Waals surface area contributed by atoms with Crippen LogP contribution in [0.2, 0.25) is 0 Å². The summed E-state index contributed by atoms with van der Waals surface area (Å²) in [6.45, 7) is 7.58. The topological polar surface area (TPSA) is 114 Å². The van der Waals surface area contributed by atoms with E-state index in [1.807, 2.05) is 27.0 Å². The highest BCUT2D eigenvalue weighted by molar-refractivity contribution is 7.09. The van der Waals surface area contributed by atoms with E-state index in [-0.39, 0.29) is 12.1 Å². The molecule has 0 aliphatic heterocycles. The van der Waals surface area contributed by atoms with Crippen molar-refractivity contribution >= 4 is 34.2 Å². The molecular weight excluding hydrogens is 416 g/mol. The summed E-state index contributed by atoms with van der Waals surface area (Å²) in [4.78, 5) is 12.8. The van der Waals surface area contributed by atoms with Gasteiger partial charge < -0.3 is 20.1 Å². The summed E-state index contributed by atoms with van der Waals surface area (Å²) in [6, 6.07) is 4.32. The van der Waals surface area contributed by atoms with Crippen LogP contribution in [0.3, 0.4) is 0 Å². The first-order valence-corrected chi connectivity index (χ1v) is 11.2. The Morgan fingerprint density at radius 2 is 2.13 bits per heavy atom. The third-order valence-corrected chi connectivity index (χ3v) is 5.79. The van der Waals surface area contributed by atoms with Crippen LogP contribution in [0.15, 0.2) is 24.5 Å². The van der Waals surface area contributed by atoms with Crippen molar-refractivity contribution in [2.45, 2.75) is 45.3 Å². The molecule has 1 aromatic carbocycles. The van der Waals surface area contributed by atoms with Crippen LogP contribution in [0.4, 0.5) is 10.5 Å². The Morgan fingerprint density at radius 1 is 1.29 bits per heavy atom. The van der Waals surface area contributed by atoms with Gasteiger partial charge in [-0.2, -0.15) is 5.10 Å². The van der Waals surface area contributed by atoms with Crippen LogP contribution < -0.4 is 10.6 Å². The van der Waals surface area contributed by atoms with E-state index in [4.69, 9.17) is 9.47 Å². The average molecular weight is 445 g/mol. The average Bonchev–Trinajstić information content (AvgIpc) is 3.35. The lowest BCUT2D eigenvalue weighted by molar-refractivity contribution is 0.0336. The Labute approximate surface area is 185 Å². The molecule has 0 unspecified atom stereocenters. The summed E-state index contributed by atoms with van der Waals surface area (Å²) in [6.07, 6.45) is 5.08. The fourth-order valence-corrected chi connectivity index (χ4v) is 4.11. The van der Waals surface area contributed by atoms with Crippen molar-refractivity contribution in [3.8, 4) is 10.4 Å². The molecule has 2 heterocycles. The van der Waals surface area contributed by atoms with Gasteiger partial charge in [-0.3, -0.25) is 5.10 Å². The number of ether oxygens (including phenoxy) is 2. The minimum atomic E-state index is -0.470. The Hall–Kier alpha value is -2.72. The van der Waals surface area contributed by atoms with E-state index in [9.17, 15) is 4.79 Å². The molecule has 1 fully saturated rings. The maximum absolute atomic E-state index is 11.8. The van der Waals surface area contributed by atoms with Gasteiger partial charge in [-0.25, -0.2) is 4.79 Å². The molecule has 0 spiro atoms. The number of benzene rings is 1. The lowest BCUT2D eigenvalue weighted by Gasteiger charge is -2.36. The van der Waals surface area contributed by atoms with Crippen LogP contribution in [0, 0.1) is 5.92 Å². The fourth-order valence-electron chi connectivity index (χ4n) is 3.61. The number of carbonyl (C=O) groups excluding carboxylic acids is 1. The molecule has 0 saturated heterocycles. The molecule has 1 amide bonds. The van der Waals surface area contributed by atoms with Crippen molar-refractivity contribution in [3.05, 3.63) is 24.5 Å². The second-order valence-electron chi connectivity index (χ2n) is 8.82. The lowest BCUT2D eigenvalue weighted by Crippen LogP contribution is -2.47. The van der Waals surface area contributed by atoms with Crippen molar-refractivity contribution in [2.24, 2.45) is 5.92 Å². The largest absolute Gasteiger partial charge is 0.444 e. The normalized spacial score (nSPS) is 18.5. The van der Waals surface area contributed by atoms with Crippen molar-refractivity contribution in [1.29, 1.82) is 0 Å². The standard InChI is InChI=1S/C21H28N6O3S/c1-21(2,3)30-20(28)25-15-6-13(7-15)12-29-5-4-22-17-8-14(19-11-24-27-31-19)9-18-16(17)10-23-26-18/h8-11,13,15,22H,4-7,12H2,1-3H3,(H,23,26)(H,25,28). The number of H-pyrrole nitrogens is 1. The molecule has 9 nitrogen and oxygen atoms in total. The molecule has 31 heavy (non-hydrogen) atoms. The molecule has 10 heteroatoms. The van der Waals surface area contributed by atoms with Crippen molar-refractivity contribution in [3.63, 3.8) is 0 Å². The zero-order valence-corrected chi connectivity index (χ0v) is 18.8. The molecular formula is C21H28N6O3S. The highest BCUT2D eigenvalue weighted by Gasteiger charge is 2.31. The number of anilines is 1. The minimum Gasteiger partial charge on any atom is -0.444 e. The zero-order valence-electron chi connectivity index (χ0n) is 18.0. The monoisotopic (exact) mass is 444 g/mol. The summed E-state index contributed by atoms with van der Waals surface area (Å²) in [7, 11) is 0. The molecule has 1 aliphatic carbocycles. The molecule has 4 rings (SSSR count). The van der Waals surface area contributed by atoms with Gasteiger partial charge in [0, 0.05) is 30.3 Å². The first-order chi connectivity index (χ1) is 14.9. The number of alkyl carbamates (subject to hydrolysis) is 1. The number of nitrogens with zero attached hydrogens (tertiary/aromatic N) is 3. The van der Waals surface area contributed by atoms with Gasteiger partial charge in [0.2, 0.25) is 0 Å². The van der Waals surface area contributed by atoms with Gasteiger partial charge >= 0.3 is 6.09 Å². The summed E-state index contributed by atoms with van der Waals surface area (Å²) in [5, 5.41) is 18.5. The third-order valence-electron chi connectivity index (χ3n) is 5.08. The molecule has 0 atom stereocenters. The number of aromatic nitrogens is 4. The summed E-state index contributed by atoms with van der Waals surface area (Å²) >= 11 is 1.36. The molecule has 166 valence electrons. The van der Waals surface area contributed by atoms with E-state index >= 15 is 0 Å². The molecule has 1 aliphatic rings. The first-order valence-electron chi connectivity index (χ1n) is 10.4. The Bertz CT molecular complexity index is 1010. The van der Waals surface area contributed by atoms with Crippen LogP contribution >= 0.6 is 11.5 Å². The van der Waals surface area contributed by atoms with E-state index in [1.165, 1.54) is 11.5 Å². The van der Waals surface area contributed by atoms with Crippen LogP contribution in [-0.4, -0.2) is 57.3 Å². The number of amides is 1. The fraction of sp³-hybridized carbons (Fsp3) is 0.524. The van der Waals surface area contributed by atoms with E-state index in [0.29, 0.717) is 25.7 Å². The number of carbonyl (C=O) groups is 1. The van der Waals surface area contributed by atoms with Crippen molar-refractivity contribution in [1.82, 2.24) is 25.1 Å². The quantitative estimate of drug-likeness (QED) is 0.453. The predicted octanol–water partition coefficient (Wildman–Crippen LogP) is 3.81. The Morgan fingerprint density at radius 3 is 2.87 bits per heavy atom. The smallest absolute Gasteiger partial charge is 0.407 e. The van der Waals surface area contributed by atoms with Crippen LogP contribution in [0.25, 0.3) is 21.3 Å². The minimum absolute atomic E-state index is 0.180. The SMILES string of the molecule is CC(C)(C)OC(=O)NC1CC(COCCNc2cc(-c3cnns3)cc3[nH]ncc23)C1. The predicted molar refractivity (Wildman–Crippen MR) is 120 cm³/mol. The molecule has 3 N–H and O–H groups in total. The molecule has 2 aromatic heterocycles. The van der Waals surface area contributed by atoms with E-state index in [2.05, 4.69) is 42.6 Å². The van der Waals surface area contributed by atoms with Crippen LogP contribution in [-0.2, 0) is 9.47 Å². The number of fused-ring (bicyclic) bond motifs is 1. The van der Waals surface area contributed by atoms with Gasteiger partial charge in [0.05, 0.1) is 29.4 Å². The second-order valence-corrected chi connectivity index (χ2v) is 9.60. The molecule has 0 bridgehead atoms. The maximum Gasteiger partial charge on any atom is 0.407 e. The Balaban J connectivity index is 1.18.